The molecule has 5 N–H and O–H groups in total. The molecule has 0 spiro atoms. The minimum Gasteiger partial charge on any atom is -0.354 e. The van der Waals surface area contributed by atoms with Gasteiger partial charge in [0.05, 0.1) is 11.9 Å². The Hall–Kier alpha value is -2.15. The van der Waals surface area contributed by atoms with Crippen LogP contribution in [0.3, 0.4) is 0 Å². The number of nitrogen functional groups attached to an aromatic ring is 1. The molecule has 0 saturated heterocycles. The van der Waals surface area contributed by atoms with Crippen molar-refractivity contribution in [1.82, 2.24) is 15.6 Å². The topological polar surface area (TPSA) is 109 Å². The van der Waals surface area contributed by atoms with E-state index in [1.807, 2.05) is 13.8 Å². The maximum absolute atomic E-state index is 11.7. The number of hydrazine groups is 1. The Balaban J connectivity index is 2.36. The van der Waals surface area contributed by atoms with Gasteiger partial charge in [-0.1, -0.05) is 0 Å². The molecular weight excluding hydrogens is 246 g/mol. The summed E-state index contributed by atoms with van der Waals surface area (Å²) in [6, 6.07) is 3.30. The standard InChI is InChI=1S/C12H19N5O2/c1-8(2)16-11(18)5-6-14-12(19)10-4-3-9(17-13)7-15-10/h3-4,7-8,17H,5-6,13H2,1-2H3,(H,14,19)(H,16,18). The van der Waals surface area contributed by atoms with E-state index >= 15 is 0 Å². The van der Waals surface area contributed by atoms with Crippen LogP contribution in [-0.2, 0) is 4.79 Å². The highest BCUT2D eigenvalue weighted by Gasteiger charge is 2.08. The molecule has 7 nitrogen and oxygen atoms in total. The van der Waals surface area contributed by atoms with Crippen molar-refractivity contribution >= 4 is 17.5 Å². The number of aromatic nitrogens is 1. The molecule has 0 unspecified atom stereocenters. The first-order valence-electron chi connectivity index (χ1n) is 6.03. The van der Waals surface area contributed by atoms with Gasteiger partial charge in [0, 0.05) is 19.0 Å². The van der Waals surface area contributed by atoms with Crippen molar-refractivity contribution in [3.05, 3.63) is 24.0 Å². The van der Waals surface area contributed by atoms with Crippen LogP contribution in [0.15, 0.2) is 18.3 Å². The van der Waals surface area contributed by atoms with Crippen LogP contribution < -0.4 is 21.9 Å². The molecule has 0 aliphatic rings. The lowest BCUT2D eigenvalue weighted by Gasteiger charge is -2.08. The summed E-state index contributed by atoms with van der Waals surface area (Å²) in [5.41, 5.74) is 3.32. The van der Waals surface area contributed by atoms with Crippen molar-refractivity contribution in [3.8, 4) is 0 Å². The predicted molar refractivity (Wildman–Crippen MR) is 72.3 cm³/mol. The molecule has 0 aliphatic heterocycles. The van der Waals surface area contributed by atoms with Crippen LogP contribution in [0.5, 0.6) is 0 Å². The van der Waals surface area contributed by atoms with Gasteiger partial charge in [0.1, 0.15) is 5.69 Å². The van der Waals surface area contributed by atoms with Crippen molar-refractivity contribution in [2.75, 3.05) is 12.0 Å². The zero-order valence-electron chi connectivity index (χ0n) is 11.1. The molecule has 1 aromatic rings. The molecule has 0 aromatic carbocycles. The minimum atomic E-state index is -0.319. The van der Waals surface area contributed by atoms with Gasteiger partial charge in [0.25, 0.3) is 5.91 Å². The Labute approximate surface area is 111 Å². The third-order valence-electron chi connectivity index (χ3n) is 2.25. The molecule has 0 saturated carbocycles. The zero-order chi connectivity index (χ0) is 14.3. The summed E-state index contributed by atoms with van der Waals surface area (Å²) in [6.45, 7) is 4.04. The van der Waals surface area contributed by atoms with Crippen LogP contribution in [0.1, 0.15) is 30.8 Å². The van der Waals surface area contributed by atoms with E-state index in [4.69, 9.17) is 5.84 Å². The number of carbonyl (C=O) groups is 2. The Morgan fingerprint density at radius 3 is 2.63 bits per heavy atom. The lowest BCUT2D eigenvalue weighted by Crippen LogP contribution is -2.34. The van der Waals surface area contributed by atoms with Gasteiger partial charge in [-0.15, -0.1) is 0 Å². The van der Waals surface area contributed by atoms with Crippen LogP contribution in [0.2, 0.25) is 0 Å². The van der Waals surface area contributed by atoms with Gasteiger partial charge in [0.15, 0.2) is 0 Å². The van der Waals surface area contributed by atoms with Gasteiger partial charge in [-0.3, -0.25) is 15.4 Å². The summed E-state index contributed by atoms with van der Waals surface area (Å²) < 4.78 is 0. The number of hydrogen-bond acceptors (Lipinski definition) is 5. The van der Waals surface area contributed by atoms with E-state index in [0.29, 0.717) is 5.69 Å². The molecule has 104 valence electrons. The summed E-state index contributed by atoms with van der Waals surface area (Å²) in [5.74, 6) is 4.78. The molecule has 0 bridgehead atoms. The molecule has 0 aliphatic carbocycles. The second-order valence-electron chi connectivity index (χ2n) is 4.30. The Kier molecular flexibility index (Phi) is 5.74. The van der Waals surface area contributed by atoms with Crippen LogP contribution in [-0.4, -0.2) is 29.4 Å². The zero-order valence-corrected chi connectivity index (χ0v) is 11.1. The van der Waals surface area contributed by atoms with Gasteiger partial charge in [-0.2, -0.15) is 0 Å². The first-order valence-corrected chi connectivity index (χ1v) is 6.03. The highest BCUT2D eigenvalue weighted by Crippen LogP contribution is 2.03. The summed E-state index contributed by atoms with van der Waals surface area (Å²) >= 11 is 0. The average Bonchev–Trinajstić information content (AvgIpc) is 2.37. The molecule has 2 amide bonds. The molecule has 7 heteroatoms. The van der Waals surface area contributed by atoms with Crippen molar-refractivity contribution in [1.29, 1.82) is 0 Å². The fourth-order valence-electron chi connectivity index (χ4n) is 1.39. The summed E-state index contributed by atoms with van der Waals surface area (Å²) in [4.78, 5) is 27.0. The predicted octanol–water partition coefficient (Wildman–Crippen LogP) is 0.0117. The maximum Gasteiger partial charge on any atom is 0.269 e. The summed E-state index contributed by atoms with van der Waals surface area (Å²) in [7, 11) is 0. The van der Waals surface area contributed by atoms with E-state index in [-0.39, 0.29) is 36.5 Å². The number of pyridine rings is 1. The number of nitrogens with two attached hydrogens (primary N) is 1. The summed E-state index contributed by atoms with van der Waals surface area (Å²) in [5, 5.41) is 5.37. The number of amides is 2. The molecule has 1 rings (SSSR count). The molecule has 19 heavy (non-hydrogen) atoms. The van der Waals surface area contributed by atoms with Gasteiger partial charge < -0.3 is 16.1 Å². The third kappa shape index (κ3) is 5.35. The molecular formula is C12H19N5O2. The van der Waals surface area contributed by atoms with E-state index in [2.05, 4.69) is 21.0 Å². The van der Waals surface area contributed by atoms with Crippen LogP contribution in [0, 0.1) is 0 Å². The fraction of sp³-hybridized carbons (Fsp3) is 0.417. The minimum absolute atomic E-state index is 0.0917. The maximum atomic E-state index is 11.7. The number of nitrogens with zero attached hydrogens (tertiary/aromatic N) is 1. The highest BCUT2D eigenvalue weighted by molar-refractivity contribution is 5.92. The number of rotatable bonds is 6. The van der Waals surface area contributed by atoms with E-state index in [1.54, 1.807) is 12.1 Å². The first-order chi connectivity index (χ1) is 9.02. The van der Waals surface area contributed by atoms with Crippen molar-refractivity contribution in [2.45, 2.75) is 26.3 Å². The Morgan fingerprint density at radius 2 is 2.11 bits per heavy atom. The van der Waals surface area contributed by atoms with Crippen molar-refractivity contribution in [2.24, 2.45) is 5.84 Å². The molecule has 0 fully saturated rings. The van der Waals surface area contributed by atoms with Gasteiger partial charge in [-0.25, -0.2) is 4.98 Å². The third-order valence-corrected chi connectivity index (χ3v) is 2.25. The number of hydrogen-bond donors (Lipinski definition) is 4. The van der Waals surface area contributed by atoms with E-state index < -0.39 is 0 Å². The van der Waals surface area contributed by atoms with Gasteiger partial charge >= 0.3 is 0 Å². The smallest absolute Gasteiger partial charge is 0.269 e. The van der Waals surface area contributed by atoms with Crippen molar-refractivity contribution < 1.29 is 9.59 Å². The molecule has 1 aromatic heterocycles. The molecule has 0 atom stereocenters. The molecule has 1 heterocycles. The lowest BCUT2D eigenvalue weighted by molar-refractivity contribution is -0.121. The number of carbonyl (C=O) groups excluding carboxylic acids is 2. The monoisotopic (exact) mass is 265 g/mol. The average molecular weight is 265 g/mol. The molecule has 0 radical (unpaired) electrons. The largest absolute Gasteiger partial charge is 0.354 e. The Morgan fingerprint density at radius 1 is 1.37 bits per heavy atom. The van der Waals surface area contributed by atoms with E-state index in [1.165, 1.54) is 6.20 Å². The lowest BCUT2D eigenvalue weighted by atomic mass is 10.3. The van der Waals surface area contributed by atoms with Gasteiger partial charge in [-0.05, 0) is 26.0 Å². The SMILES string of the molecule is CC(C)NC(=O)CCNC(=O)c1ccc(NN)cn1. The first kappa shape index (κ1) is 14.9. The second kappa shape index (κ2) is 7.32. The van der Waals surface area contributed by atoms with Crippen LogP contribution in [0.25, 0.3) is 0 Å². The van der Waals surface area contributed by atoms with E-state index in [0.717, 1.165) is 0 Å². The quantitative estimate of drug-likeness (QED) is 0.428. The highest BCUT2D eigenvalue weighted by atomic mass is 16.2. The Bertz CT molecular complexity index is 430. The normalized spacial score (nSPS) is 10.1. The van der Waals surface area contributed by atoms with Crippen LogP contribution >= 0.6 is 0 Å². The van der Waals surface area contributed by atoms with Crippen molar-refractivity contribution in [3.63, 3.8) is 0 Å². The van der Waals surface area contributed by atoms with Gasteiger partial charge in [0.2, 0.25) is 5.91 Å². The fourth-order valence-corrected chi connectivity index (χ4v) is 1.39. The number of nitrogens with one attached hydrogen (secondary N) is 3. The second-order valence-corrected chi connectivity index (χ2v) is 4.30. The summed E-state index contributed by atoms with van der Waals surface area (Å²) in [6.07, 6.45) is 1.70. The van der Waals surface area contributed by atoms with Crippen LogP contribution in [0.4, 0.5) is 5.69 Å². The number of anilines is 1. The van der Waals surface area contributed by atoms with E-state index in [9.17, 15) is 9.59 Å².